The Bertz CT molecular complexity index is 720. The van der Waals surface area contributed by atoms with Gasteiger partial charge in [-0.3, -0.25) is 0 Å². The Morgan fingerprint density at radius 2 is 1.85 bits per heavy atom. The second kappa shape index (κ2) is 5.60. The van der Waals surface area contributed by atoms with Crippen LogP contribution in [0, 0.1) is 0 Å². The summed E-state index contributed by atoms with van der Waals surface area (Å²) < 4.78 is 2.71. The summed E-state index contributed by atoms with van der Waals surface area (Å²) in [6.07, 6.45) is 1.88. The molecule has 0 aliphatic rings. The lowest BCUT2D eigenvalue weighted by molar-refractivity contribution is 0.945. The second-order valence-electron chi connectivity index (χ2n) is 4.46. The molecule has 0 spiro atoms. The fourth-order valence-corrected chi connectivity index (χ4v) is 2.23. The summed E-state index contributed by atoms with van der Waals surface area (Å²) in [6.45, 7) is 1.25. The van der Waals surface area contributed by atoms with Crippen LogP contribution in [0.15, 0.2) is 47.1 Å². The van der Waals surface area contributed by atoms with Crippen molar-refractivity contribution in [3.63, 3.8) is 0 Å². The molecule has 1 aromatic carbocycles. The summed E-state index contributed by atoms with van der Waals surface area (Å²) in [5.74, 6) is 0.617. The van der Waals surface area contributed by atoms with Gasteiger partial charge in [-0.1, -0.05) is 24.3 Å². The number of benzene rings is 1. The average Bonchev–Trinajstić information content (AvgIpc) is 2.87. The number of rotatable bonds is 4. The molecular weight excluding hydrogens is 318 g/mol. The van der Waals surface area contributed by atoms with Gasteiger partial charge < -0.3 is 11.1 Å². The summed E-state index contributed by atoms with van der Waals surface area (Å²) in [5.41, 5.74) is 8.69. The lowest BCUT2D eigenvalue weighted by atomic mass is 10.1. The Hall–Kier alpha value is -1.92. The number of aromatic nitrogens is 3. The zero-order chi connectivity index (χ0) is 13.9. The van der Waals surface area contributed by atoms with Crippen LogP contribution in [0.4, 0.5) is 5.95 Å². The second-order valence-corrected chi connectivity index (χ2v) is 5.38. The normalized spacial score (nSPS) is 10.9. The molecule has 0 aliphatic heterocycles. The number of fused-ring (bicyclic) bond motifs is 1. The standard InChI is InChI=1S/C14H14BrN5/c15-12-5-6-13-18-14(19-20(13)9-12)17-8-11-3-1-10(7-16)2-4-11/h1-6,9H,7-8,16H2,(H,17,19). The van der Waals surface area contributed by atoms with E-state index in [0.29, 0.717) is 19.0 Å². The predicted octanol–water partition coefficient (Wildman–Crippen LogP) is 2.56. The maximum absolute atomic E-state index is 5.58. The van der Waals surface area contributed by atoms with E-state index in [1.807, 2.05) is 30.5 Å². The summed E-state index contributed by atoms with van der Waals surface area (Å²) in [7, 11) is 0. The quantitative estimate of drug-likeness (QED) is 0.770. The molecule has 0 radical (unpaired) electrons. The van der Waals surface area contributed by atoms with Gasteiger partial charge in [-0.25, -0.2) is 4.52 Å². The Morgan fingerprint density at radius 3 is 2.60 bits per heavy atom. The average molecular weight is 332 g/mol. The van der Waals surface area contributed by atoms with Crippen molar-refractivity contribution >= 4 is 27.5 Å². The number of nitrogens with zero attached hydrogens (tertiary/aromatic N) is 3. The zero-order valence-electron chi connectivity index (χ0n) is 10.8. The molecule has 0 aliphatic carbocycles. The monoisotopic (exact) mass is 331 g/mol. The molecule has 0 saturated heterocycles. The molecule has 3 N–H and O–H groups in total. The Morgan fingerprint density at radius 1 is 1.10 bits per heavy atom. The van der Waals surface area contributed by atoms with Crippen LogP contribution in [0.1, 0.15) is 11.1 Å². The highest BCUT2D eigenvalue weighted by molar-refractivity contribution is 9.10. The lowest BCUT2D eigenvalue weighted by Crippen LogP contribution is -2.02. The van der Waals surface area contributed by atoms with E-state index in [1.165, 1.54) is 5.56 Å². The first-order valence-corrected chi connectivity index (χ1v) is 7.07. The SMILES string of the molecule is NCc1ccc(CNc2nc3ccc(Br)cn3n2)cc1. The van der Waals surface area contributed by atoms with Crippen LogP contribution < -0.4 is 11.1 Å². The van der Waals surface area contributed by atoms with Crippen LogP contribution in [-0.2, 0) is 13.1 Å². The van der Waals surface area contributed by atoms with Crippen LogP contribution >= 0.6 is 15.9 Å². The van der Waals surface area contributed by atoms with Gasteiger partial charge in [-0.2, -0.15) is 4.98 Å². The zero-order valence-corrected chi connectivity index (χ0v) is 12.3. The molecule has 0 amide bonds. The van der Waals surface area contributed by atoms with E-state index in [1.54, 1.807) is 4.52 Å². The van der Waals surface area contributed by atoms with Crippen LogP contribution in [0.5, 0.6) is 0 Å². The van der Waals surface area contributed by atoms with Crippen molar-refractivity contribution in [1.29, 1.82) is 0 Å². The van der Waals surface area contributed by atoms with Gasteiger partial charge in [-0.15, -0.1) is 5.10 Å². The third kappa shape index (κ3) is 2.81. The van der Waals surface area contributed by atoms with E-state index in [4.69, 9.17) is 5.73 Å². The first-order chi connectivity index (χ1) is 9.74. The van der Waals surface area contributed by atoms with E-state index >= 15 is 0 Å². The van der Waals surface area contributed by atoms with Crippen molar-refractivity contribution in [2.75, 3.05) is 5.32 Å². The molecule has 2 aromatic heterocycles. The van der Waals surface area contributed by atoms with Gasteiger partial charge in [0.2, 0.25) is 5.95 Å². The summed E-state index contributed by atoms with van der Waals surface area (Å²) in [5, 5.41) is 7.58. The van der Waals surface area contributed by atoms with E-state index in [9.17, 15) is 0 Å². The van der Waals surface area contributed by atoms with Gasteiger partial charge in [0, 0.05) is 23.8 Å². The van der Waals surface area contributed by atoms with Gasteiger partial charge in [0.1, 0.15) is 0 Å². The molecule has 3 aromatic rings. The van der Waals surface area contributed by atoms with Crippen LogP contribution in [0.25, 0.3) is 5.65 Å². The van der Waals surface area contributed by atoms with Gasteiger partial charge in [0.25, 0.3) is 0 Å². The molecule has 2 heterocycles. The molecule has 102 valence electrons. The minimum atomic E-state index is 0.566. The smallest absolute Gasteiger partial charge is 0.243 e. The van der Waals surface area contributed by atoms with Crippen LogP contribution in [0.3, 0.4) is 0 Å². The summed E-state index contributed by atoms with van der Waals surface area (Å²) >= 11 is 3.41. The van der Waals surface area contributed by atoms with Crippen molar-refractivity contribution in [2.24, 2.45) is 5.73 Å². The highest BCUT2D eigenvalue weighted by atomic mass is 79.9. The molecule has 6 heteroatoms. The Kier molecular flexibility index (Phi) is 3.66. The number of nitrogens with one attached hydrogen (secondary N) is 1. The van der Waals surface area contributed by atoms with Gasteiger partial charge in [0.15, 0.2) is 5.65 Å². The number of halogens is 1. The number of anilines is 1. The molecule has 0 saturated carbocycles. The topological polar surface area (TPSA) is 68.2 Å². The lowest BCUT2D eigenvalue weighted by Gasteiger charge is -2.03. The van der Waals surface area contributed by atoms with Crippen molar-refractivity contribution in [2.45, 2.75) is 13.1 Å². The molecule has 0 bridgehead atoms. The Labute approximate surface area is 125 Å². The maximum Gasteiger partial charge on any atom is 0.243 e. The summed E-state index contributed by atoms with van der Waals surface area (Å²) in [6, 6.07) is 12.0. The van der Waals surface area contributed by atoms with Crippen molar-refractivity contribution < 1.29 is 0 Å². The van der Waals surface area contributed by atoms with Gasteiger partial charge in [0.05, 0.1) is 0 Å². The van der Waals surface area contributed by atoms with Crippen molar-refractivity contribution in [3.05, 3.63) is 58.2 Å². The molecule has 3 rings (SSSR count). The largest absolute Gasteiger partial charge is 0.349 e. The number of hydrogen-bond acceptors (Lipinski definition) is 4. The number of hydrogen-bond donors (Lipinski definition) is 2. The third-order valence-corrected chi connectivity index (χ3v) is 3.47. The molecule has 5 nitrogen and oxygen atoms in total. The molecular formula is C14H14BrN5. The highest BCUT2D eigenvalue weighted by Gasteiger charge is 2.03. The van der Waals surface area contributed by atoms with E-state index < -0.39 is 0 Å². The molecule has 0 atom stereocenters. The highest BCUT2D eigenvalue weighted by Crippen LogP contribution is 2.13. The van der Waals surface area contributed by atoms with E-state index in [2.05, 4.69) is 43.5 Å². The first kappa shape index (κ1) is 13.1. The predicted molar refractivity (Wildman–Crippen MR) is 82.3 cm³/mol. The van der Waals surface area contributed by atoms with Gasteiger partial charge in [-0.05, 0) is 39.2 Å². The first-order valence-electron chi connectivity index (χ1n) is 6.28. The molecule has 20 heavy (non-hydrogen) atoms. The summed E-state index contributed by atoms with van der Waals surface area (Å²) in [4.78, 5) is 4.40. The maximum atomic E-state index is 5.58. The van der Waals surface area contributed by atoms with Crippen LogP contribution in [0.2, 0.25) is 0 Å². The van der Waals surface area contributed by atoms with Crippen LogP contribution in [-0.4, -0.2) is 14.6 Å². The van der Waals surface area contributed by atoms with E-state index in [0.717, 1.165) is 15.7 Å². The third-order valence-electron chi connectivity index (χ3n) is 3.00. The fraction of sp³-hybridized carbons (Fsp3) is 0.143. The molecule has 0 unspecified atom stereocenters. The minimum Gasteiger partial charge on any atom is -0.349 e. The number of nitrogens with two attached hydrogens (primary N) is 1. The minimum absolute atomic E-state index is 0.566. The van der Waals surface area contributed by atoms with E-state index in [-0.39, 0.29) is 0 Å². The van der Waals surface area contributed by atoms with Crippen molar-refractivity contribution in [1.82, 2.24) is 14.6 Å². The molecule has 0 fully saturated rings. The Balaban J connectivity index is 1.72. The number of pyridine rings is 1. The fourth-order valence-electron chi connectivity index (χ4n) is 1.91. The van der Waals surface area contributed by atoms with Crippen molar-refractivity contribution in [3.8, 4) is 0 Å². The van der Waals surface area contributed by atoms with Gasteiger partial charge >= 0.3 is 0 Å².